The lowest BCUT2D eigenvalue weighted by atomic mass is 10.1. The van der Waals surface area contributed by atoms with Crippen molar-refractivity contribution >= 4 is 15.7 Å². The van der Waals surface area contributed by atoms with Crippen LogP contribution in [0.25, 0.3) is 11.3 Å². The number of sulfonamides is 1. The predicted molar refractivity (Wildman–Crippen MR) is 118 cm³/mol. The largest absolute Gasteiger partial charge is 0.474 e. The average Bonchev–Trinajstić information content (AvgIpc) is 3.54. The summed E-state index contributed by atoms with van der Waals surface area (Å²) in [6.07, 6.45) is 6.33. The summed E-state index contributed by atoms with van der Waals surface area (Å²) < 4.78 is 38.0. The minimum Gasteiger partial charge on any atom is -0.474 e. The second-order valence-corrected chi connectivity index (χ2v) is 9.36. The number of aromatic nitrogens is 3. The second kappa shape index (κ2) is 8.43. The molecule has 0 amide bonds. The molecule has 4 rings (SSSR count). The van der Waals surface area contributed by atoms with Crippen LogP contribution in [0, 0.1) is 25.2 Å². The lowest BCUT2D eigenvalue weighted by Gasteiger charge is -2.16. The highest BCUT2D eigenvalue weighted by Gasteiger charge is 2.25. The maximum Gasteiger partial charge on any atom is 0.244 e. The Morgan fingerprint density at radius 1 is 1.16 bits per heavy atom. The topological polar surface area (TPSA) is 127 Å². The van der Waals surface area contributed by atoms with Crippen molar-refractivity contribution in [3.05, 3.63) is 53.5 Å². The van der Waals surface area contributed by atoms with Gasteiger partial charge >= 0.3 is 0 Å². The SMILES string of the molecule is Cc1cc(OC2CC2)nc(C)c1Oc1nc(-c2cncc(C#N)c2)ccc1NS(C)(=O)=O. The van der Waals surface area contributed by atoms with Crippen LogP contribution in [0.5, 0.6) is 17.5 Å². The van der Waals surface area contributed by atoms with Gasteiger partial charge in [-0.3, -0.25) is 9.71 Å². The van der Waals surface area contributed by atoms with E-state index in [0.29, 0.717) is 34.1 Å². The highest BCUT2D eigenvalue weighted by atomic mass is 32.2. The molecule has 10 heteroatoms. The highest BCUT2D eigenvalue weighted by Crippen LogP contribution is 2.36. The van der Waals surface area contributed by atoms with E-state index in [-0.39, 0.29) is 17.7 Å². The fourth-order valence-corrected chi connectivity index (χ4v) is 3.60. The van der Waals surface area contributed by atoms with Gasteiger partial charge in [0.2, 0.25) is 21.8 Å². The van der Waals surface area contributed by atoms with Crippen molar-refractivity contribution in [2.45, 2.75) is 32.8 Å². The van der Waals surface area contributed by atoms with Crippen molar-refractivity contribution in [3.63, 3.8) is 0 Å². The van der Waals surface area contributed by atoms with E-state index >= 15 is 0 Å². The maximum absolute atomic E-state index is 11.9. The molecule has 1 saturated carbocycles. The summed E-state index contributed by atoms with van der Waals surface area (Å²) in [4.78, 5) is 13.0. The summed E-state index contributed by atoms with van der Waals surface area (Å²) in [7, 11) is -3.57. The maximum atomic E-state index is 11.9. The molecule has 0 unspecified atom stereocenters. The van der Waals surface area contributed by atoms with Crippen molar-refractivity contribution < 1.29 is 17.9 Å². The molecule has 3 aromatic heterocycles. The number of rotatable bonds is 7. The van der Waals surface area contributed by atoms with Crippen LogP contribution >= 0.6 is 0 Å². The molecule has 1 N–H and O–H groups in total. The van der Waals surface area contributed by atoms with Gasteiger partial charge in [0.05, 0.1) is 23.2 Å². The summed E-state index contributed by atoms with van der Waals surface area (Å²) >= 11 is 0. The number of nitriles is 1. The van der Waals surface area contributed by atoms with Crippen molar-refractivity contribution in [1.29, 1.82) is 5.26 Å². The van der Waals surface area contributed by atoms with E-state index in [1.54, 1.807) is 37.4 Å². The number of hydrogen-bond acceptors (Lipinski definition) is 8. The smallest absolute Gasteiger partial charge is 0.244 e. The number of nitrogens with one attached hydrogen (secondary N) is 1. The van der Waals surface area contributed by atoms with Crippen LogP contribution in [-0.2, 0) is 10.0 Å². The average molecular weight is 452 g/mol. The molecular weight excluding hydrogens is 430 g/mol. The molecule has 0 bridgehead atoms. The molecule has 1 fully saturated rings. The first-order chi connectivity index (χ1) is 15.2. The number of nitrogens with zero attached hydrogens (tertiary/aromatic N) is 4. The van der Waals surface area contributed by atoms with Gasteiger partial charge in [-0.05, 0) is 50.5 Å². The third kappa shape index (κ3) is 5.12. The molecule has 0 spiro atoms. The van der Waals surface area contributed by atoms with E-state index in [2.05, 4.69) is 19.7 Å². The van der Waals surface area contributed by atoms with Crippen LogP contribution in [0.4, 0.5) is 5.69 Å². The van der Waals surface area contributed by atoms with Crippen LogP contribution in [-0.4, -0.2) is 35.7 Å². The Hall–Kier alpha value is -3.71. The van der Waals surface area contributed by atoms with E-state index in [4.69, 9.17) is 14.7 Å². The van der Waals surface area contributed by atoms with Gasteiger partial charge in [-0.15, -0.1) is 0 Å². The summed E-state index contributed by atoms with van der Waals surface area (Å²) in [6, 6.07) is 8.65. The van der Waals surface area contributed by atoms with E-state index in [1.165, 1.54) is 6.20 Å². The molecule has 32 heavy (non-hydrogen) atoms. The van der Waals surface area contributed by atoms with Gasteiger partial charge in [-0.2, -0.15) is 5.26 Å². The molecule has 0 atom stereocenters. The van der Waals surface area contributed by atoms with Gasteiger partial charge in [0.25, 0.3) is 0 Å². The molecule has 0 radical (unpaired) electrons. The van der Waals surface area contributed by atoms with E-state index in [9.17, 15) is 8.42 Å². The van der Waals surface area contributed by atoms with Crippen molar-refractivity contribution in [2.75, 3.05) is 11.0 Å². The molecule has 0 saturated heterocycles. The first kappa shape index (κ1) is 21.5. The number of ether oxygens (including phenoxy) is 2. The zero-order chi connectivity index (χ0) is 22.9. The first-order valence-electron chi connectivity index (χ1n) is 9.89. The van der Waals surface area contributed by atoms with Gasteiger partial charge in [0, 0.05) is 24.0 Å². The summed E-state index contributed by atoms with van der Waals surface area (Å²) in [5.74, 6) is 1.04. The fourth-order valence-electron chi connectivity index (χ4n) is 3.05. The van der Waals surface area contributed by atoms with Crippen LogP contribution in [0.15, 0.2) is 36.7 Å². The zero-order valence-corrected chi connectivity index (χ0v) is 18.6. The molecule has 0 aliphatic heterocycles. The van der Waals surface area contributed by atoms with Crippen molar-refractivity contribution in [1.82, 2.24) is 15.0 Å². The zero-order valence-electron chi connectivity index (χ0n) is 17.8. The molecule has 0 aromatic carbocycles. The Kier molecular flexibility index (Phi) is 5.67. The van der Waals surface area contributed by atoms with Gasteiger partial charge in [-0.1, -0.05) is 0 Å². The van der Waals surface area contributed by atoms with Gasteiger partial charge < -0.3 is 9.47 Å². The standard InChI is InChI=1S/C22H21N5O4S/c1-13-8-20(30-17-4-5-17)25-14(2)21(13)31-22-19(27-32(3,28)29)7-6-18(26-22)16-9-15(10-23)11-24-12-16/h6-9,11-12,17,27H,4-5H2,1-3H3. The van der Waals surface area contributed by atoms with Crippen LogP contribution in [0.3, 0.4) is 0 Å². The minimum absolute atomic E-state index is 0.0548. The third-order valence-electron chi connectivity index (χ3n) is 4.63. The monoisotopic (exact) mass is 451 g/mol. The van der Waals surface area contributed by atoms with Gasteiger partial charge in [0.15, 0.2) is 5.75 Å². The third-order valence-corrected chi connectivity index (χ3v) is 5.22. The van der Waals surface area contributed by atoms with E-state index in [1.807, 2.05) is 13.0 Å². The number of anilines is 1. The molecule has 1 aliphatic rings. The predicted octanol–water partition coefficient (Wildman–Crippen LogP) is 3.73. The molecule has 164 valence electrons. The molecule has 9 nitrogen and oxygen atoms in total. The molecule has 3 aromatic rings. The van der Waals surface area contributed by atoms with Gasteiger partial charge in [0.1, 0.15) is 17.9 Å². The second-order valence-electron chi connectivity index (χ2n) is 7.61. The number of hydrogen-bond donors (Lipinski definition) is 1. The highest BCUT2D eigenvalue weighted by molar-refractivity contribution is 7.92. The Bertz CT molecular complexity index is 1310. The Morgan fingerprint density at radius 3 is 2.59 bits per heavy atom. The summed E-state index contributed by atoms with van der Waals surface area (Å²) in [6.45, 7) is 3.65. The molecule has 1 aliphatic carbocycles. The van der Waals surface area contributed by atoms with Crippen LogP contribution in [0.1, 0.15) is 29.7 Å². The Morgan fingerprint density at radius 2 is 1.94 bits per heavy atom. The number of aryl methyl sites for hydroxylation is 2. The fraction of sp³-hybridized carbons (Fsp3) is 0.273. The van der Waals surface area contributed by atoms with E-state index in [0.717, 1.165) is 24.7 Å². The van der Waals surface area contributed by atoms with Gasteiger partial charge in [-0.25, -0.2) is 18.4 Å². The lowest BCUT2D eigenvalue weighted by molar-refractivity contribution is 0.289. The van der Waals surface area contributed by atoms with Crippen LogP contribution in [0.2, 0.25) is 0 Å². The normalized spacial score (nSPS) is 13.3. The minimum atomic E-state index is -3.57. The molecular formula is C22H21N5O4S. The van der Waals surface area contributed by atoms with Crippen molar-refractivity contribution in [3.8, 4) is 34.8 Å². The lowest BCUT2D eigenvalue weighted by Crippen LogP contribution is -2.11. The Labute approximate surface area is 186 Å². The van der Waals surface area contributed by atoms with Crippen LogP contribution < -0.4 is 14.2 Å². The van der Waals surface area contributed by atoms with Crippen molar-refractivity contribution in [2.24, 2.45) is 0 Å². The summed E-state index contributed by atoms with van der Waals surface area (Å²) in [5.41, 5.74) is 3.00. The Balaban J connectivity index is 1.74. The first-order valence-corrected chi connectivity index (χ1v) is 11.8. The van der Waals surface area contributed by atoms with E-state index < -0.39 is 10.0 Å². The summed E-state index contributed by atoms with van der Waals surface area (Å²) in [5, 5.41) is 9.14. The number of pyridine rings is 3. The molecule has 3 heterocycles. The quantitative estimate of drug-likeness (QED) is 0.576.